The van der Waals surface area contributed by atoms with E-state index in [1.54, 1.807) is 0 Å². The molecule has 1 saturated heterocycles. The van der Waals surface area contributed by atoms with E-state index in [1.807, 2.05) is 11.8 Å². The fraction of sp³-hybridized carbons (Fsp3) is 0.833. The number of carboxylic acid groups (broad SMARTS) is 1. The first-order valence-electron chi connectivity index (χ1n) is 6.09. The van der Waals surface area contributed by atoms with Crippen molar-refractivity contribution in [2.75, 3.05) is 13.1 Å². The average Bonchev–Trinajstić information content (AvgIpc) is 2.43. The highest BCUT2D eigenvalue weighted by Gasteiger charge is 2.19. The summed E-state index contributed by atoms with van der Waals surface area (Å²) in [5.74, 6) is -0.764. The molecule has 1 heterocycles. The van der Waals surface area contributed by atoms with Crippen LogP contribution in [-0.2, 0) is 9.59 Å². The van der Waals surface area contributed by atoms with Gasteiger partial charge in [0.2, 0.25) is 5.91 Å². The minimum atomic E-state index is -0.823. The van der Waals surface area contributed by atoms with Crippen LogP contribution in [0.5, 0.6) is 0 Å². The minimum Gasteiger partial charge on any atom is -0.481 e. The quantitative estimate of drug-likeness (QED) is 0.798. The maximum atomic E-state index is 11.9. The van der Waals surface area contributed by atoms with Gasteiger partial charge in [-0.15, -0.1) is 0 Å². The molecule has 1 amide bonds. The molecule has 16 heavy (non-hydrogen) atoms. The molecule has 1 atom stereocenters. The third-order valence-electron chi connectivity index (χ3n) is 3.00. The number of rotatable bonds is 4. The molecule has 1 N–H and O–H groups in total. The van der Waals surface area contributed by atoms with E-state index in [9.17, 15) is 9.59 Å². The minimum absolute atomic E-state index is 0.0618. The summed E-state index contributed by atoms with van der Waals surface area (Å²) in [6.45, 7) is 3.51. The molecule has 0 radical (unpaired) electrons. The number of hydrogen-bond donors (Lipinski definition) is 1. The average molecular weight is 227 g/mol. The Morgan fingerprint density at radius 3 is 2.19 bits per heavy atom. The van der Waals surface area contributed by atoms with Gasteiger partial charge < -0.3 is 10.0 Å². The number of hydrogen-bond acceptors (Lipinski definition) is 2. The van der Waals surface area contributed by atoms with Crippen molar-refractivity contribution in [1.29, 1.82) is 0 Å². The van der Waals surface area contributed by atoms with Gasteiger partial charge >= 0.3 is 5.97 Å². The van der Waals surface area contributed by atoms with Crippen molar-refractivity contribution in [1.82, 2.24) is 4.90 Å². The topological polar surface area (TPSA) is 57.6 Å². The molecular weight excluding hydrogens is 206 g/mol. The lowest BCUT2D eigenvalue weighted by Gasteiger charge is -2.21. The summed E-state index contributed by atoms with van der Waals surface area (Å²) in [5.41, 5.74) is 0. The molecule has 4 heteroatoms. The fourth-order valence-electron chi connectivity index (χ4n) is 2.12. The van der Waals surface area contributed by atoms with Crippen LogP contribution in [0.1, 0.15) is 45.4 Å². The van der Waals surface area contributed by atoms with Crippen LogP contribution in [0.4, 0.5) is 0 Å². The summed E-state index contributed by atoms with van der Waals surface area (Å²) in [5, 5.41) is 8.63. The van der Waals surface area contributed by atoms with Crippen LogP contribution >= 0.6 is 0 Å². The lowest BCUT2D eigenvalue weighted by Crippen LogP contribution is -2.33. The summed E-state index contributed by atoms with van der Waals surface area (Å²) in [6.07, 6.45) is 5.02. The number of carbonyl (C=O) groups is 2. The summed E-state index contributed by atoms with van der Waals surface area (Å²) < 4.78 is 0. The Hall–Kier alpha value is -1.06. The van der Waals surface area contributed by atoms with Gasteiger partial charge in [-0.25, -0.2) is 0 Å². The van der Waals surface area contributed by atoms with Crippen LogP contribution in [0.25, 0.3) is 0 Å². The van der Waals surface area contributed by atoms with Crippen molar-refractivity contribution < 1.29 is 14.7 Å². The predicted molar refractivity (Wildman–Crippen MR) is 61.1 cm³/mol. The van der Waals surface area contributed by atoms with Gasteiger partial charge in [-0.05, 0) is 18.8 Å². The van der Waals surface area contributed by atoms with Gasteiger partial charge in [-0.1, -0.05) is 19.8 Å². The normalized spacial score (nSPS) is 18.9. The van der Waals surface area contributed by atoms with Crippen molar-refractivity contribution in [2.24, 2.45) is 5.92 Å². The molecule has 0 aliphatic carbocycles. The third kappa shape index (κ3) is 4.64. The molecule has 0 saturated carbocycles. The van der Waals surface area contributed by atoms with E-state index < -0.39 is 5.97 Å². The number of likely N-dealkylation sites (tertiary alicyclic amines) is 1. The number of nitrogens with zero attached hydrogens (tertiary/aromatic N) is 1. The van der Waals surface area contributed by atoms with E-state index in [1.165, 1.54) is 12.8 Å². The highest BCUT2D eigenvalue weighted by molar-refractivity contribution is 5.77. The second-order valence-corrected chi connectivity index (χ2v) is 4.70. The smallest absolute Gasteiger partial charge is 0.303 e. The van der Waals surface area contributed by atoms with Crippen LogP contribution in [0, 0.1) is 5.92 Å². The molecule has 4 nitrogen and oxygen atoms in total. The van der Waals surface area contributed by atoms with Crippen molar-refractivity contribution >= 4 is 11.9 Å². The lowest BCUT2D eigenvalue weighted by molar-refractivity contribution is -0.138. The summed E-state index contributed by atoms with van der Waals surface area (Å²) in [7, 11) is 0. The highest BCUT2D eigenvalue weighted by atomic mass is 16.4. The molecule has 0 unspecified atom stereocenters. The van der Waals surface area contributed by atoms with Gasteiger partial charge in [0.25, 0.3) is 0 Å². The Bertz CT molecular complexity index is 245. The Labute approximate surface area is 96.6 Å². The number of aliphatic carboxylic acids is 1. The summed E-state index contributed by atoms with van der Waals surface area (Å²) >= 11 is 0. The molecule has 1 aliphatic rings. The first kappa shape index (κ1) is 13.0. The molecule has 0 spiro atoms. The number of amides is 1. The monoisotopic (exact) mass is 227 g/mol. The zero-order chi connectivity index (χ0) is 12.0. The molecule has 0 aromatic heterocycles. The van der Waals surface area contributed by atoms with Crippen LogP contribution < -0.4 is 0 Å². The van der Waals surface area contributed by atoms with Crippen molar-refractivity contribution in [3.8, 4) is 0 Å². The van der Waals surface area contributed by atoms with Gasteiger partial charge in [0.05, 0.1) is 0 Å². The van der Waals surface area contributed by atoms with Gasteiger partial charge in [0.1, 0.15) is 0 Å². The third-order valence-corrected chi connectivity index (χ3v) is 3.00. The van der Waals surface area contributed by atoms with Crippen LogP contribution in [0.2, 0.25) is 0 Å². The van der Waals surface area contributed by atoms with E-state index in [0.29, 0.717) is 6.42 Å². The zero-order valence-electron chi connectivity index (χ0n) is 9.95. The molecule has 92 valence electrons. The van der Waals surface area contributed by atoms with Crippen molar-refractivity contribution in [3.05, 3.63) is 0 Å². The fourth-order valence-corrected chi connectivity index (χ4v) is 2.12. The van der Waals surface area contributed by atoms with Gasteiger partial charge in [-0.2, -0.15) is 0 Å². The van der Waals surface area contributed by atoms with E-state index >= 15 is 0 Å². The SMILES string of the molecule is C[C@H](CC(=O)O)CC(=O)N1CCCCCC1. The standard InChI is InChI=1S/C12H21NO3/c1-10(9-12(15)16)8-11(14)13-6-4-2-3-5-7-13/h10H,2-9H2,1H3,(H,15,16)/t10-/m0/s1. The first-order chi connectivity index (χ1) is 7.59. The Kier molecular flexibility index (Phi) is 5.29. The number of carboxylic acids is 1. The number of carbonyl (C=O) groups excluding carboxylic acids is 1. The molecular formula is C12H21NO3. The van der Waals surface area contributed by atoms with Crippen molar-refractivity contribution in [3.63, 3.8) is 0 Å². The first-order valence-corrected chi connectivity index (χ1v) is 6.09. The van der Waals surface area contributed by atoms with Gasteiger partial charge in [-0.3, -0.25) is 9.59 Å². The second-order valence-electron chi connectivity index (χ2n) is 4.70. The zero-order valence-corrected chi connectivity index (χ0v) is 9.95. The van der Waals surface area contributed by atoms with Crippen LogP contribution in [0.15, 0.2) is 0 Å². The largest absolute Gasteiger partial charge is 0.481 e. The second kappa shape index (κ2) is 6.51. The Morgan fingerprint density at radius 2 is 1.69 bits per heavy atom. The van der Waals surface area contributed by atoms with Crippen molar-refractivity contribution in [2.45, 2.75) is 45.4 Å². The highest BCUT2D eigenvalue weighted by Crippen LogP contribution is 2.14. The van der Waals surface area contributed by atoms with Gasteiger partial charge in [0, 0.05) is 25.9 Å². The Morgan fingerprint density at radius 1 is 1.12 bits per heavy atom. The maximum Gasteiger partial charge on any atom is 0.303 e. The summed E-state index contributed by atoms with van der Waals surface area (Å²) in [6, 6.07) is 0. The lowest BCUT2D eigenvalue weighted by atomic mass is 10.0. The molecule has 1 aliphatic heterocycles. The van der Waals surface area contributed by atoms with E-state index in [0.717, 1.165) is 25.9 Å². The molecule has 0 bridgehead atoms. The van der Waals surface area contributed by atoms with E-state index in [4.69, 9.17) is 5.11 Å². The predicted octanol–water partition coefficient (Wildman–Crippen LogP) is 1.89. The molecule has 0 aromatic carbocycles. The summed E-state index contributed by atoms with van der Waals surface area (Å²) in [4.78, 5) is 24.3. The molecule has 1 rings (SSSR count). The van der Waals surface area contributed by atoms with Crippen LogP contribution in [0.3, 0.4) is 0 Å². The Balaban J connectivity index is 2.34. The van der Waals surface area contributed by atoms with E-state index in [2.05, 4.69) is 0 Å². The van der Waals surface area contributed by atoms with Gasteiger partial charge in [0.15, 0.2) is 0 Å². The van der Waals surface area contributed by atoms with E-state index in [-0.39, 0.29) is 18.2 Å². The molecule has 1 fully saturated rings. The van der Waals surface area contributed by atoms with Crippen LogP contribution in [-0.4, -0.2) is 35.0 Å². The maximum absolute atomic E-state index is 11.9. The molecule has 0 aromatic rings.